The van der Waals surface area contributed by atoms with Crippen molar-refractivity contribution in [2.24, 2.45) is 0 Å². The molecule has 13 heavy (non-hydrogen) atoms. The molecule has 1 aliphatic heterocycles. The Balaban J connectivity index is 2.61. The normalized spacial score (nSPS) is 32.3. The lowest BCUT2D eigenvalue weighted by Crippen LogP contribution is -2.68. The first kappa shape index (κ1) is 10.9. The van der Waals surface area contributed by atoms with Crippen LogP contribution in [0.3, 0.4) is 0 Å². The van der Waals surface area contributed by atoms with E-state index in [0.29, 0.717) is 12.3 Å². The molecular formula is C8H20N5. The van der Waals surface area contributed by atoms with Crippen LogP contribution in [0.4, 0.5) is 0 Å². The zero-order valence-corrected chi connectivity index (χ0v) is 8.67. The summed E-state index contributed by atoms with van der Waals surface area (Å²) in [6.07, 6.45) is 0.599. The predicted molar refractivity (Wildman–Crippen MR) is 53.5 cm³/mol. The lowest BCUT2D eigenvalue weighted by molar-refractivity contribution is -0.0163. The SMILES string of the molecule is [CH2]N1CC(NC)N(NC)C(NC)C1. The van der Waals surface area contributed by atoms with Gasteiger partial charge in [-0.25, -0.2) is 5.01 Å². The van der Waals surface area contributed by atoms with Crippen LogP contribution in [0.1, 0.15) is 0 Å². The molecule has 2 unspecified atom stereocenters. The monoisotopic (exact) mass is 186 g/mol. The molecule has 0 aromatic carbocycles. The summed E-state index contributed by atoms with van der Waals surface area (Å²) in [6, 6.07) is 0. The van der Waals surface area contributed by atoms with Crippen molar-refractivity contribution in [2.45, 2.75) is 12.3 Å². The molecule has 1 saturated heterocycles. The van der Waals surface area contributed by atoms with Crippen molar-refractivity contribution in [3.05, 3.63) is 7.05 Å². The number of nitrogens with one attached hydrogen (secondary N) is 3. The van der Waals surface area contributed by atoms with E-state index in [1.54, 1.807) is 0 Å². The molecule has 0 aliphatic carbocycles. The minimum atomic E-state index is 0.300. The topological polar surface area (TPSA) is 42.6 Å². The average Bonchev–Trinajstić information content (AvgIpc) is 2.16. The van der Waals surface area contributed by atoms with Crippen molar-refractivity contribution in [3.63, 3.8) is 0 Å². The Morgan fingerprint density at radius 1 is 1.08 bits per heavy atom. The Kier molecular flexibility index (Phi) is 4.08. The van der Waals surface area contributed by atoms with Gasteiger partial charge in [-0.1, -0.05) is 0 Å². The van der Waals surface area contributed by atoms with Gasteiger partial charge in [0.2, 0.25) is 0 Å². The second-order valence-corrected chi connectivity index (χ2v) is 3.28. The largest absolute Gasteiger partial charge is 0.303 e. The fourth-order valence-corrected chi connectivity index (χ4v) is 1.73. The molecule has 0 bridgehead atoms. The van der Waals surface area contributed by atoms with Crippen LogP contribution in [0.25, 0.3) is 0 Å². The van der Waals surface area contributed by atoms with Crippen molar-refractivity contribution in [2.75, 3.05) is 34.2 Å². The van der Waals surface area contributed by atoms with Crippen LogP contribution in [-0.4, -0.2) is 56.5 Å². The fourth-order valence-electron chi connectivity index (χ4n) is 1.73. The minimum Gasteiger partial charge on any atom is -0.303 e. The maximum Gasteiger partial charge on any atom is 0.0877 e. The van der Waals surface area contributed by atoms with Gasteiger partial charge in [-0.2, -0.15) is 0 Å². The van der Waals surface area contributed by atoms with Gasteiger partial charge in [0.05, 0.1) is 12.3 Å². The number of hydrogen-bond donors (Lipinski definition) is 3. The van der Waals surface area contributed by atoms with E-state index in [1.165, 1.54) is 0 Å². The van der Waals surface area contributed by atoms with Gasteiger partial charge in [0.25, 0.3) is 0 Å². The summed E-state index contributed by atoms with van der Waals surface area (Å²) in [6.45, 7) is 1.85. The van der Waals surface area contributed by atoms with Crippen molar-refractivity contribution in [1.82, 2.24) is 26.0 Å². The van der Waals surface area contributed by atoms with E-state index < -0.39 is 0 Å². The molecule has 0 aromatic rings. The molecule has 5 nitrogen and oxygen atoms in total. The lowest BCUT2D eigenvalue weighted by atomic mass is 10.2. The van der Waals surface area contributed by atoms with Crippen LogP contribution in [0, 0.1) is 7.05 Å². The predicted octanol–water partition coefficient (Wildman–Crippen LogP) is -1.38. The standard InChI is InChI=1S/C8H20N5/c1-9-7-5-12(4)6-8(10-2)13(7)11-3/h7-11H,4-6H2,1-3H3. The van der Waals surface area contributed by atoms with Gasteiger partial charge < -0.3 is 10.6 Å². The molecular weight excluding hydrogens is 166 g/mol. The maximum absolute atomic E-state index is 3.96. The Morgan fingerprint density at radius 2 is 1.54 bits per heavy atom. The van der Waals surface area contributed by atoms with E-state index in [0.717, 1.165) is 13.1 Å². The molecule has 2 atom stereocenters. The highest BCUT2D eigenvalue weighted by atomic mass is 15.6. The second kappa shape index (κ2) is 4.88. The van der Waals surface area contributed by atoms with Gasteiger partial charge in [0, 0.05) is 20.1 Å². The quantitative estimate of drug-likeness (QED) is 0.507. The molecule has 1 radical (unpaired) electrons. The number of piperazine rings is 1. The Hall–Kier alpha value is -0.200. The molecule has 77 valence electrons. The summed E-state index contributed by atoms with van der Waals surface area (Å²) >= 11 is 0. The second-order valence-electron chi connectivity index (χ2n) is 3.28. The van der Waals surface area contributed by atoms with E-state index in [2.05, 4.69) is 33.0 Å². The molecule has 0 spiro atoms. The summed E-state index contributed by atoms with van der Waals surface area (Å²) < 4.78 is 0. The number of hydrazine groups is 1. The first-order valence-electron chi connectivity index (χ1n) is 4.58. The van der Waals surface area contributed by atoms with Crippen LogP contribution >= 0.6 is 0 Å². The maximum atomic E-state index is 3.96. The Bertz CT molecular complexity index is 137. The Morgan fingerprint density at radius 3 is 1.85 bits per heavy atom. The molecule has 0 amide bonds. The molecule has 1 heterocycles. The van der Waals surface area contributed by atoms with Crippen molar-refractivity contribution in [3.8, 4) is 0 Å². The Labute approximate surface area is 80.4 Å². The van der Waals surface area contributed by atoms with E-state index in [1.807, 2.05) is 21.1 Å². The summed E-state index contributed by atoms with van der Waals surface area (Å²) in [7, 11) is 9.82. The highest BCUT2D eigenvalue weighted by Gasteiger charge is 2.30. The third kappa shape index (κ3) is 2.38. The third-order valence-electron chi connectivity index (χ3n) is 2.46. The van der Waals surface area contributed by atoms with Gasteiger partial charge >= 0.3 is 0 Å². The minimum absolute atomic E-state index is 0.300. The zero-order chi connectivity index (χ0) is 9.84. The van der Waals surface area contributed by atoms with Gasteiger partial charge in [-0.3, -0.25) is 10.3 Å². The molecule has 1 rings (SSSR count). The number of rotatable bonds is 3. The van der Waals surface area contributed by atoms with Crippen molar-refractivity contribution in [1.29, 1.82) is 0 Å². The van der Waals surface area contributed by atoms with E-state index in [4.69, 9.17) is 0 Å². The van der Waals surface area contributed by atoms with Crippen LogP contribution in [0.2, 0.25) is 0 Å². The van der Waals surface area contributed by atoms with Gasteiger partial charge in [-0.15, -0.1) is 0 Å². The molecule has 5 heteroatoms. The zero-order valence-electron chi connectivity index (χ0n) is 8.67. The number of hydrogen-bond acceptors (Lipinski definition) is 5. The molecule has 0 aromatic heterocycles. The van der Waals surface area contributed by atoms with Crippen LogP contribution in [-0.2, 0) is 0 Å². The van der Waals surface area contributed by atoms with Crippen LogP contribution in [0.5, 0.6) is 0 Å². The summed E-state index contributed by atoms with van der Waals surface area (Å²) in [5, 5.41) is 8.65. The van der Waals surface area contributed by atoms with Gasteiger partial charge in [-0.05, 0) is 21.1 Å². The smallest absolute Gasteiger partial charge is 0.0877 e. The van der Waals surface area contributed by atoms with Crippen molar-refractivity contribution < 1.29 is 0 Å². The van der Waals surface area contributed by atoms with E-state index in [9.17, 15) is 0 Å². The molecule has 0 saturated carbocycles. The number of nitrogens with zero attached hydrogens (tertiary/aromatic N) is 2. The van der Waals surface area contributed by atoms with Crippen LogP contribution in [0.15, 0.2) is 0 Å². The van der Waals surface area contributed by atoms with Gasteiger partial charge in [0.1, 0.15) is 0 Å². The van der Waals surface area contributed by atoms with Gasteiger partial charge in [0.15, 0.2) is 0 Å². The van der Waals surface area contributed by atoms with E-state index in [-0.39, 0.29) is 0 Å². The highest BCUT2D eigenvalue weighted by molar-refractivity contribution is 4.82. The van der Waals surface area contributed by atoms with Crippen molar-refractivity contribution >= 4 is 0 Å². The van der Waals surface area contributed by atoms with Crippen LogP contribution < -0.4 is 16.1 Å². The fraction of sp³-hybridized carbons (Fsp3) is 0.875. The summed E-state index contributed by atoms with van der Waals surface area (Å²) in [4.78, 5) is 2.07. The highest BCUT2D eigenvalue weighted by Crippen LogP contribution is 2.08. The average molecular weight is 186 g/mol. The molecule has 3 N–H and O–H groups in total. The van der Waals surface area contributed by atoms with E-state index >= 15 is 0 Å². The first-order valence-corrected chi connectivity index (χ1v) is 4.58. The summed E-state index contributed by atoms with van der Waals surface area (Å²) in [5.74, 6) is 0. The lowest BCUT2D eigenvalue weighted by Gasteiger charge is -2.44. The first-order chi connectivity index (χ1) is 6.22. The molecule has 1 aliphatic rings. The molecule has 1 fully saturated rings. The number of likely N-dealkylation sites (N-methyl/N-ethyl adjacent to an activating group) is 2. The third-order valence-corrected chi connectivity index (χ3v) is 2.46. The summed E-state index contributed by atoms with van der Waals surface area (Å²) in [5.41, 5.74) is 3.18.